The Morgan fingerprint density at radius 3 is 2.41 bits per heavy atom. The number of nitrogens with zero attached hydrogens (tertiary/aromatic N) is 2. The zero-order chi connectivity index (χ0) is 21.2. The molecule has 0 bridgehead atoms. The van der Waals surface area contributed by atoms with Crippen LogP contribution in [-0.2, 0) is 27.8 Å². The molecular formula is C21H26N2O5S. The van der Waals surface area contributed by atoms with E-state index in [0.29, 0.717) is 24.6 Å². The van der Waals surface area contributed by atoms with Crippen LogP contribution in [0.4, 0.5) is 5.69 Å². The first-order valence-corrected chi connectivity index (χ1v) is 11.2. The molecule has 0 aromatic heterocycles. The van der Waals surface area contributed by atoms with Crippen LogP contribution in [0.5, 0.6) is 11.5 Å². The predicted molar refractivity (Wildman–Crippen MR) is 112 cm³/mol. The molecule has 0 saturated carbocycles. The molecular weight excluding hydrogens is 392 g/mol. The number of anilines is 1. The maximum absolute atomic E-state index is 13.3. The lowest BCUT2D eigenvalue weighted by Gasteiger charge is -2.35. The summed E-state index contributed by atoms with van der Waals surface area (Å²) in [6.45, 7) is 2.61. The third-order valence-corrected chi connectivity index (χ3v) is 6.36. The zero-order valence-corrected chi connectivity index (χ0v) is 17.9. The van der Waals surface area contributed by atoms with Gasteiger partial charge in [-0.25, -0.2) is 8.42 Å². The van der Waals surface area contributed by atoms with E-state index in [1.165, 1.54) is 19.8 Å². The Morgan fingerprint density at radius 2 is 1.79 bits per heavy atom. The van der Waals surface area contributed by atoms with Gasteiger partial charge in [0.15, 0.2) is 0 Å². The normalized spacial score (nSPS) is 14.7. The number of hydrogen-bond acceptors (Lipinski definition) is 5. The molecule has 1 aliphatic rings. The monoisotopic (exact) mass is 418 g/mol. The second kappa shape index (κ2) is 8.32. The van der Waals surface area contributed by atoms with Gasteiger partial charge in [0.05, 0.1) is 26.2 Å². The van der Waals surface area contributed by atoms with Gasteiger partial charge in [0.1, 0.15) is 17.5 Å². The Bertz CT molecular complexity index is 1010. The lowest BCUT2D eigenvalue weighted by molar-refractivity contribution is -0.132. The average molecular weight is 419 g/mol. The molecule has 0 saturated heterocycles. The van der Waals surface area contributed by atoms with E-state index < -0.39 is 16.1 Å². The van der Waals surface area contributed by atoms with Crippen molar-refractivity contribution in [2.75, 3.05) is 31.3 Å². The first-order valence-electron chi connectivity index (χ1n) is 9.33. The number of methoxy groups -OCH3 is 2. The van der Waals surface area contributed by atoms with E-state index in [-0.39, 0.29) is 11.6 Å². The van der Waals surface area contributed by atoms with Crippen molar-refractivity contribution in [2.24, 2.45) is 0 Å². The van der Waals surface area contributed by atoms with Crippen molar-refractivity contribution in [3.63, 3.8) is 0 Å². The van der Waals surface area contributed by atoms with Crippen molar-refractivity contribution in [1.82, 2.24) is 4.90 Å². The molecule has 0 N–H and O–H groups in total. The molecule has 1 heterocycles. The number of benzene rings is 2. The fourth-order valence-corrected chi connectivity index (χ4v) is 4.86. The van der Waals surface area contributed by atoms with Crippen LogP contribution in [0.2, 0.25) is 0 Å². The summed E-state index contributed by atoms with van der Waals surface area (Å²) in [5.74, 6) is 0.565. The molecule has 8 heteroatoms. The largest absolute Gasteiger partial charge is 0.497 e. The Labute approximate surface area is 171 Å². The highest BCUT2D eigenvalue weighted by molar-refractivity contribution is 7.92. The number of sulfonamides is 1. The maximum atomic E-state index is 13.3. The summed E-state index contributed by atoms with van der Waals surface area (Å²) < 4.78 is 37.1. The van der Waals surface area contributed by atoms with E-state index in [9.17, 15) is 13.2 Å². The van der Waals surface area contributed by atoms with Crippen molar-refractivity contribution in [2.45, 2.75) is 25.9 Å². The van der Waals surface area contributed by atoms with Crippen LogP contribution >= 0.6 is 0 Å². The van der Waals surface area contributed by atoms with Crippen molar-refractivity contribution in [3.8, 4) is 11.5 Å². The second-order valence-electron chi connectivity index (χ2n) is 7.05. The molecule has 0 unspecified atom stereocenters. The average Bonchev–Trinajstić information content (AvgIpc) is 2.71. The van der Waals surface area contributed by atoms with Gasteiger partial charge in [-0.05, 0) is 36.6 Å². The Morgan fingerprint density at radius 1 is 1.10 bits per heavy atom. The lowest BCUT2D eigenvalue weighted by Crippen LogP contribution is -2.50. The van der Waals surface area contributed by atoms with Crippen LogP contribution in [0, 0.1) is 0 Å². The van der Waals surface area contributed by atoms with Crippen LogP contribution in [-0.4, -0.2) is 52.3 Å². The highest BCUT2D eigenvalue weighted by atomic mass is 32.2. The Hall–Kier alpha value is -2.74. The molecule has 1 amide bonds. The quantitative estimate of drug-likeness (QED) is 0.720. The number of fused-ring (bicyclic) bond motifs is 1. The van der Waals surface area contributed by atoms with Crippen LogP contribution in [0.15, 0.2) is 42.5 Å². The molecule has 0 fully saturated rings. The fourth-order valence-electron chi connectivity index (χ4n) is 3.69. The van der Waals surface area contributed by atoms with Gasteiger partial charge in [-0.2, -0.15) is 0 Å². The maximum Gasteiger partial charge on any atom is 0.246 e. The predicted octanol–water partition coefficient (Wildman–Crippen LogP) is 2.44. The summed E-state index contributed by atoms with van der Waals surface area (Å²) in [5, 5.41) is 0. The van der Waals surface area contributed by atoms with E-state index in [1.54, 1.807) is 30.0 Å². The lowest BCUT2D eigenvalue weighted by atomic mass is 9.99. The van der Waals surface area contributed by atoms with E-state index in [2.05, 4.69) is 6.07 Å². The molecule has 0 spiro atoms. The SMILES string of the molecule is COc1ccc(OC)c(N([C@H](C)C(=O)N2CCc3ccccc3C2)S(C)(=O)=O)c1. The minimum absolute atomic E-state index is 0.255. The molecule has 3 rings (SSSR count). The van der Waals surface area contributed by atoms with Gasteiger partial charge in [0.25, 0.3) is 0 Å². The molecule has 156 valence electrons. The van der Waals surface area contributed by atoms with Gasteiger partial charge in [-0.1, -0.05) is 24.3 Å². The minimum Gasteiger partial charge on any atom is -0.497 e. The van der Waals surface area contributed by atoms with Gasteiger partial charge >= 0.3 is 0 Å². The van der Waals surface area contributed by atoms with E-state index >= 15 is 0 Å². The van der Waals surface area contributed by atoms with E-state index in [4.69, 9.17) is 9.47 Å². The molecule has 7 nitrogen and oxygen atoms in total. The number of carbonyl (C=O) groups is 1. The molecule has 2 aromatic rings. The Kier molecular flexibility index (Phi) is 6.02. The smallest absolute Gasteiger partial charge is 0.246 e. The molecule has 1 aliphatic heterocycles. The number of hydrogen-bond donors (Lipinski definition) is 0. The zero-order valence-electron chi connectivity index (χ0n) is 17.1. The van der Waals surface area contributed by atoms with Crippen LogP contribution < -0.4 is 13.8 Å². The summed E-state index contributed by atoms with van der Waals surface area (Å²) in [6.07, 6.45) is 1.83. The van der Waals surface area contributed by atoms with Gasteiger partial charge in [-0.15, -0.1) is 0 Å². The van der Waals surface area contributed by atoms with Gasteiger partial charge in [0, 0.05) is 19.2 Å². The highest BCUT2D eigenvalue weighted by Crippen LogP contribution is 2.35. The topological polar surface area (TPSA) is 76.2 Å². The Balaban J connectivity index is 1.95. The van der Waals surface area contributed by atoms with Gasteiger partial charge < -0.3 is 14.4 Å². The number of amides is 1. The van der Waals surface area contributed by atoms with Crippen molar-refractivity contribution < 1.29 is 22.7 Å². The number of ether oxygens (including phenoxy) is 2. The van der Waals surface area contributed by atoms with Crippen molar-refractivity contribution >= 4 is 21.6 Å². The number of carbonyl (C=O) groups excluding carboxylic acids is 1. The first-order chi connectivity index (χ1) is 13.8. The summed E-state index contributed by atoms with van der Waals surface area (Å²) in [7, 11) is -0.814. The molecule has 0 aliphatic carbocycles. The molecule has 2 aromatic carbocycles. The van der Waals surface area contributed by atoms with E-state index in [1.807, 2.05) is 18.2 Å². The van der Waals surface area contributed by atoms with Crippen molar-refractivity contribution in [1.29, 1.82) is 0 Å². The summed E-state index contributed by atoms with van der Waals surface area (Å²) in [5.41, 5.74) is 2.58. The highest BCUT2D eigenvalue weighted by Gasteiger charge is 2.35. The third kappa shape index (κ3) is 4.32. The minimum atomic E-state index is -3.77. The third-order valence-electron chi connectivity index (χ3n) is 5.13. The van der Waals surface area contributed by atoms with Crippen LogP contribution in [0.1, 0.15) is 18.1 Å². The number of rotatable bonds is 6. The molecule has 0 radical (unpaired) electrons. The fraction of sp³-hybridized carbons (Fsp3) is 0.381. The standard InChI is InChI=1S/C21H26N2O5S/c1-15(21(24)22-12-11-16-7-5-6-8-17(16)14-22)23(29(4,25)26)19-13-18(27-2)9-10-20(19)28-3/h5-10,13,15H,11-12,14H2,1-4H3/t15-/m1/s1. The molecule has 29 heavy (non-hydrogen) atoms. The summed E-state index contributed by atoms with van der Waals surface area (Å²) in [6, 6.07) is 11.9. The summed E-state index contributed by atoms with van der Waals surface area (Å²) in [4.78, 5) is 15.0. The summed E-state index contributed by atoms with van der Waals surface area (Å²) >= 11 is 0. The van der Waals surface area contributed by atoms with E-state index in [0.717, 1.165) is 22.5 Å². The first kappa shape index (κ1) is 21.0. The van der Waals surface area contributed by atoms with Crippen LogP contribution in [0.3, 0.4) is 0 Å². The second-order valence-corrected chi connectivity index (χ2v) is 8.91. The van der Waals surface area contributed by atoms with Gasteiger partial charge in [-0.3, -0.25) is 9.10 Å². The van der Waals surface area contributed by atoms with Gasteiger partial charge in [0.2, 0.25) is 15.9 Å². The van der Waals surface area contributed by atoms with Crippen LogP contribution in [0.25, 0.3) is 0 Å². The molecule has 1 atom stereocenters. The van der Waals surface area contributed by atoms with Crippen molar-refractivity contribution in [3.05, 3.63) is 53.6 Å².